The van der Waals surface area contributed by atoms with Crippen LogP contribution in [-0.2, 0) is 0 Å². The molecule has 1 saturated carbocycles. The van der Waals surface area contributed by atoms with Gasteiger partial charge in [-0.3, -0.25) is 4.57 Å². The Kier molecular flexibility index (Phi) is 2.35. The second-order valence-electron chi connectivity index (χ2n) is 3.42. The molecule has 0 bridgehead atoms. The molecule has 74 valence electrons. The summed E-state index contributed by atoms with van der Waals surface area (Å²) < 4.78 is 1.50. The van der Waals surface area contributed by atoms with E-state index in [1.54, 1.807) is 18.5 Å². The highest BCUT2D eigenvalue weighted by molar-refractivity contribution is 5.77. The summed E-state index contributed by atoms with van der Waals surface area (Å²) in [5.41, 5.74) is 0. The molecule has 1 amide bonds. The standard InChI is InChI=1S/C10H13N3O/c1-2-6-13(9-3-4-9)10(14)12-7-5-11-8-12/h2,5,7-9H,1,3-4,6H2. The van der Waals surface area contributed by atoms with Gasteiger partial charge in [0.25, 0.3) is 0 Å². The van der Waals surface area contributed by atoms with Crippen molar-refractivity contribution in [1.29, 1.82) is 0 Å². The Labute approximate surface area is 82.9 Å². The van der Waals surface area contributed by atoms with Crippen molar-refractivity contribution in [3.63, 3.8) is 0 Å². The fourth-order valence-corrected chi connectivity index (χ4v) is 1.43. The normalized spacial score (nSPS) is 15.1. The third-order valence-corrected chi connectivity index (χ3v) is 2.28. The summed E-state index contributed by atoms with van der Waals surface area (Å²) in [6.45, 7) is 4.27. The summed E-state index contributed by atoms with van der Waals surface area (Å²) >= 11 is 0. The van der Waals surface area contributed by atoms with Gasteiger partial charge in [0.15, 0.2) is 0 Å². The number of aromatic nitrogens is 2. The van der Waals surface area contributed by atoms with Crippen molar-refractivity contribution in [2.75, 3.05) is 6.54 Å². The monoisotopic (exact) mass is 191 g/mol. The molecule has 2 rings (SSSR count). The molecular formula is C10H13N3O. The lowest BCUT2D eigenvalue weighted by atomic mass is 10.5. The van der Waals surface area contributed by atoms with Gasteiger partial charge in [0, 0.05) is 25.0 Å². The van der Waals surface area contributed by atoms with E-state index in [0.29, 0.717) is 12.6 Å². The van der Waals surface area contributed by atoms with Gasteiger partial charge in [0.1, 0.15) is 6.33 Å². The lowest BCUT2D eigenvalue weighted by molar-refractivity contribution is 0.202. The number of hydrogen-bond donors (Lipinski definition) is 0. The number of amides is 1. The molecule has 0 aliphatic heterocycles. The fourth-order valence-electron chi connectivity index (χ4n) is 1.43. The minimum Gasteiger partial charge on any atom is -0.317 e. The highest BCUT2D eigenvalue weighted by Crippen LogP contribution is 2.27. The van der Waals surface area contributed by atoms with Crippen molar-refractivity contribution >= 4 is 6.03 Å². The quantitative estimate of drug-likeness (QED) is 0.679. The molecule has 1 aromatic heterocycles. The maximum Gasteiger partial charge on any atom is 0.329 e. The topological polar surface area (TPSA) is 38.1 Å². The first-order valence-corrected chi connectivity index (χ1v) is 4.72. The summed E-state index contributed by atoms with van der Waals surface area (Å²) in [6, 6.07) is 0.396. The molecule has 0 radical (unpaired) electrons. The maximum atomic E-state index is 11.9. The van der Waals surface area contributed by atoms with Gasteiger partial charge >= 0.3 is 6.03 Å². The van der Waals surface area contributed by atoms with Crippen LogP contribution in [0.1, 0.15) is 12.8 Å². The minimum atomic E-state index is -0.00935. The van der Waals surface area contributed by atoms with Crippen LogP contribution < -0.4 is 0 Å². The van der Waals surface area contributed by atoms with Gasteiger partial charge < -0.3 is 4.90 Å². The molecule has 1 aromatic rings. The SMILES string of the molecule is C=CCN(C(=O)n1ccnc1)C1CC1. The van der Waals surface area contributed by atoms with E-state index in [0.717, 1.165) is 12.8 Å². The first-order chi connectivity index (χ1) is 6.83. The highest BCUT2D eigenvalue weighted by Gasteiger charge is 2.32. The number of hydrogen-bond acceptors (Lipinski definition) is 2. The summed E-state index contributed by atoms with van der Waals surface area (Å²) in [5.74, 6) is 0. The zero-order valence-corrected chi connectivity index (χ0v) is 7.97. The maximum absolute atomic E-state index is 11.9. The third kappa shape index (κ3) is 1.69. The predicted octanol–water partition coefficient (Wildman–Crippen LogP) is 1.50. The molecule has 14 heavy (non-hydrogen) atoms. The lowest BCUT2D eigenvalue weighted by Gasteiger charge is -2.20. The second kappa shape index (κ2) is 3.65. The molecule has 0 aromatic carbocycles. The van der Waals surface area contributed by atoms with E-state index in [-0.39, 0.29) is 6.03 Å². The number of carbonyl (C=O) groups excluding carboxylic acids is 1. The fraction of sp³-hybridized carbons (Fsp3) is 0.400. The van der Waals surface area contributed by atoms with Gasteiger partial charge in [-0.25, -0.2) is 9.78 Å². The van der Waals surface area contributed by atoms with E-state index in [4.69, 9.17) is 0 Å². The van der Waals surface area contributed by atoms with Gasteiger partial charge in [-0.2, -0.15) is 0 Å². The Morgan fingerprint density at radius 3 is 3.00 bits per heavy atom. The molecule has 1 heterocycles. The van der Waals surface area contributed by atoms with Crippen LogP contribution in [0.4, 0.5) is 4.79 Å². The molecule has 0 saturated heterocycles. The lowest BCUT2D eigenvalue weighted by Crippen LogP contribution is -2.36. The van der Waals surface area contributed by atoms with Crippen LogP contribution in [-0.4, -0.2) is 33.1 Å². The first kappa shape index (κ1) is 8.99. The van der Waals surface area contributed by atoms with Crippen LogP contribution in [0.3, 0.4) is 0 Å². The molecule has 0 N–H and O–H groups in total. The van der Waals surface area contributed by atoms with Crippen LogP contribution in [0.25, 0.3) is 0 Å². The summed E-state index contributed by atoms with van der Waals surface area (Å²) in [6.07, 6.45) is 8.77. The van der Waals surface area contributed by atoms with Crippen LogP contribution in [0.15, 0.2) is 31.4 Å². The van der Waals surface area contributed by atoms with E-state index in [9.17, 15) is 4.79 Å². The van der Waals surface area contributed by atoms with Gasteiger partial charge in [-0.1, -0.05) is 6.08 Å². The van der Waals surface area contributed by atoms with Gasteiger partial charge in [-0.05, 0) is 12.8 Å². The summed E-state index contributed by atoms with van der Waals surface area (Å²) in [5, 5.41) is 0. The molecule has 0 unspecified atom stereocenters. The minimum absolute atomic E-state index is 0.00935. The number of nitrogens with zero attached hydrogens (tertiary/aromatic N) is 3. The Balaban J connectivity index is 2.10. The molecular weight excluding hydrogens is 178 g/mol. The Hall–Kier alpha value is -1.58. The average molecular weight is 191 g/mol. The number of imidazole rings is 1. The van der Waals surface area contributed by atoms with E-state index in [2.05, 4.69) is 11.6 Å². The Bertz CT molecular complexity index is 327. The largest absolute Gasteiger partial charge is 0.329 e. The van der Waals surface area contributed by atoms with Crippen molar-refractivity contribution in [2.45, 2.75) is 18.9 Å². The van der Waals surface area contributed by atoms with Crippen LogP contribution in [0.2, 0.25) is 0 Å². The Morgan fingerprint density at radius 2 is 2.50 bits per heavy atom. The van der Waals surface area contributed by atoms with Gasteiger partial charge in [0.2, 0.25) is 0 Å². The second-order valence-corrected chi connectivity index (χ2v) is 3.42. The first-order valence-electron chi connectivity index (χ1n) is 4.72. The van der Waals surface area contributed by atoms with Crippen molar-refractivity contribution < 1.29 is 4.79 Å². The Morgan fingerprint density at radius 1 is 1.71 bits per heavy atom. The van der Waals surface area contributed by atoms with Crippen molar-refractivity contribution in [2.24, 2.45) is 0 Å². The molecule has 0 atom stereocenters. The van der Waals surface area contributed by atoms with E-state index in [1.807, 2.05) is 4.90 Å². The number of carbonyl (C=O) groups is 1. The average Bonchev–Trinajstić information content (AvgIpc) is 2.88. The summed E-state index contributed by atoms with van der Waals surface area (Å²) in [7, 11) is 0. The van der Waals surface area contributed by atoms with Gasteiger partial charge in [-0.15, -0.1) is 6.58 Å². The van der Waals surface area contributed by atoms with Crippen LogP contribution in [0, 0.1) is 0 Å². The molecule has 4 nitrogen and oxygen atoms in total. The van der Waals surface area contributed by atoms with Gasteiger partial charge in [0.05, 0.1) is 0 Å². The molecule has 1 aliphatic rings. The van der Waals surface area contributed by atoms with E-state index < -0.39 is 0 Å². The number of rotatable bonds is 3. The van der Waals surface area contributed by atoms with Crippen molar-refractivity contribution in [3.8, 4) is 0 Å². The highest BCUT2D eigenvalue weighted by atomic mass is 16.2. The zero-order chi connectivity index (χ0) is 9.97. The van der Waals surface area contributed by atoms with Crippen LogP contribution in [0.5, 0.6) is 0 Å². The zero-order valence-electron chi connectivity index (χ0n) is 7.97. The predicted molar refractivity (Wildman–Crippen MR) is 52.9 cm³/mol. The summed E-state index contributed by atoms with van der Waals surface area (Å²) in [4.78, 5) is 17.6. The third-order valence-electron chi connectivity index (χ3n) is 2.28. The molecule has 4 heteroatoms. The van der Waals surface area contributed by atoms with Crippen LogP contribution >= 0.6 is 0 Å². The molecule has 1 fully saturated rings. The smallest absolute Gasteiger partial charge is 0.317 e. The molecule has 1 aliphatic carbocycles. The molecule has 0 spiro atoms. The van der Waals surface area contributed by atoms with E-state index >= 15 is 0 Å². The van der Waals surface area contributed by atoms with E-state index in [1.165, 1.54) is 10.9 Å². The van der Waals surface area contributed by atoms with Crippen molar-refractivity contribution in [3.05, 3.63) is 31.4 Å². The van der Waals surface area contributed by atoms with Crippen molar-refractivity contribution in [1.82, 2.24) is 14.5 Å².